The van der Waals surface area contributed by atoms with Gasteiger partial charge in [-0.25, -0.2) is 8.42 Å². The largest absolute Gasteiger partial charge is 0.369 e. The molecule has 0 bridgehead atoms. The molecule has 6 nitrogen and oxygen atoms in total. The van der Waals surface area contributed by atoms with Crippen LogP contribution in [0.2, 0.25) is 10.0 Å². The van der Waals surface area contributed by atoms with E-state index in [9.17, 15) is 13.2 Å². The zero-order valence-corrected chi connectivity index (χ0v) is 17.5. The summed E-state index contributed by atoms with van der Waals surface area (Å²) in [4.78, 5) is 14.3. The lowest BCUT2D eigenvalue weighted by atomic mass is 10.2. The second-order valence-corrected chi connectivity index (χ2v) is 9.35. The maximum Gasteiger partial charge on any atom is 0.252 e. The summed E-state index contributed by atoms with van der Waals surface area (Å²) in [6.07, 6.45) is 0. The maximum atomic E-state index is 12.6. The zero-order chi connectivity index (χ0) is 20.1. The third-order valence-corrected chi connectivity index (χ3v) is 6.99. The van der Waals surface area contributed by atoms with Crippen LogP contribution >= 0.6 is 23.2 Å². The number of para-hydroxylation sites is 1. The summed E-state index contributed by atoms with van der Waals surface area (Å²) in [5.41, 5.74) is 1.35. The van der Waals surface area contributed by atoms with Gasteiger partial charge in [0.05, 0.1) is 16.3 Å². The highest BCUT2D eigenvalue weighted by Gasteiger charge is 2.27. The molecule has 1 amide bonds. The fraction of sp³-hybridized carbons (Fsp3) is 0.316. The fourth-order valence-corrected chi connectivity index (χ4v) is 4.89. The molecule has 2 aromatic rings. The summed E-state index contributed by atoms with van der Waals surface area (Å²) in [7, 11) is -3.45. The lowest BCUT2D eigenvalue weighted by molar-refractivity contribution is 0.0956. The first kappa shape index (κ1) is 20.9. The molecule has 1 heterocycles. The van der Waals surface area contributed by atoms with Crippen LogP contribution in [-0.4, -0.2) is 57.1 Å². The van der Waals surface area contributed by atoms with Crippen molar-refractivity contribution < 1.29 is 13.2 Å². The number of rotatable bonds is 6. The highest BCUT2D eigenvalue weighted by Crippen LogP contribution is 2.21. The van der Waals surface area contributed by atoms with Crippen LogP contribution in [0, 0.1) is 0 Å². The Labute approximate surface area is 175 Å². The van der Waals surface area contributed by atoms with Crippen molar-refractivity contribution in [1.82, 2.24) is 9.62 Å². The first-order valence-electron chi connectivity index (χ1n) is 8.88. The molecule has 0 radical (unpaired) electrons. The molecule has 0 aliphatic carbocycles. The Morgan fingerprint density at radius 2 is 1.68 bits per heavy atom. The lowest BCUT2D eigenvalue weighted by Gasteiger charge is -2.35. The molecule has 0 spiro atoms. The molecular formula is C19H21Cl2N3O3S. The maximum absolute atomic E-state index is 12.6. The Bertz CT molecular complexity index is 931. The van der Waals surface area contributed by atoms with Gasteiger partial charge in [0.25, 0.3) is 5.91 Å². The van der Waals surface area contributed by atoms with Crippen LogP contribution in [0.1, 0.15) is 10.4 Å². The van der Waals surface area contributed by atoms with Gasteiger partial charge in [0, 0.05) is 43.4 Å². The van der Waals surface area contributed by atoms with E-state index < -0.39 is 15.9 Å². The SMILES string of the molecule is O=C(NCCS(=O)(=O)N1CCN(c2ccccc2)CC1)c1ccc(Cl)cc1Cl. The molecule has 0 saturated carbocycles. The number of carbonyl (C=O) groups is 1. The van der Waals surface area contributed by atoms with Crippen molar-refractivity contribution in [2.24, 2.45) is 0 Å². The molecule has 9 heteroatoms. The van der Waals surface area contributed by atoms with E-state index in [4.69, 9.17) is 23.2 Å². The van der Waals surface area contributed by atoms with E-state index in [1.165, 1.54) is 16.4 Å². The van der Waals surface area contributed by atoms with Gasteiger partial charge in [0.15, 0.2) is 0 Å². The van der Waals surface area contributed by atoms with Gasteiger partial charge in [-0.1, -0.05) is 41.4 Å². The lowest BCUT2D eigenvalue weighted by Crippen LogP contribution is -2.50. The summed E-state index contributed by atoms with van der Waals surface area (Å²) in [5, 5.41) is 3.26. The Kier molecular flexibility index (Phi) is 6.82. The third-order valence-electron chi connectivity index (χ3n) is 4.57. The highest BCUT2D eigenvalue weighted by atomic mass is 35.5. The average molecular weight is 442 g/mol. The zero-order valence-electron chi connectivity index (χ0n) is 15.1. The molecule has 0 unspecified atom stereocenters. The van der Waals surface area contributed by atoms with Gasteiger partial charge in [0.1, 0.15) is 0 Å². The molecule has 1 saturated heterocycles. The monoisotopic (exact) mass is 441 g/mol. The Morgan fingerprint density at radius 1 is 1.00 bits per heavy atom. The summed E-state index contributed by atoms with van der Waals surface area (Å²) >= 11 is 11.8. The van der Waals surface area contributed by atoms with Crippen molar-refractivity contribution in [1.29, 1.82) is 0 Å². The van der Waals surface area contributed by atoms with Crippen LogP contribution in [0.3, 0.4) is 0 Å². The molecule has 0 atom stereocenters. The van der Waals surface area contributed by atoms with Crippen LogP contribution in [-0.2, 0) is 10.0 Å². The van der Waals surface area contributed by atoms with Crippen LogP contribution in [0.15, 0.2) is 48.5 Å². The molecule has 150 valence electrons. The number of carbonyl (C=O) groups excluding carboxylic acids is 1. The van der Waals surface area contributed by atoms with Gasteiger partial charge < -0.3 is 10.2 Å². The van der Waals surface area contributed by atoms with Gasteiger partial charge in [-0.15, -0.1) is 0 Å². The molecule has 1 aliphatic heterocycles. The predicted molar refractivity (Wildman–Crippen MR) is 113 cm³/mol. The van der Waals surface area contributed by atoms with E-state index in [1.54, 1.807) is 6.07 Å². The van der Waals surface area contributed by atoms with Crippen LogP contribution in [0.4, 0.5) is 5.69 Å². The molecule has 3 rings (SSSR count). The second-order valence-electron chi connectivity index (χ2n) is 6.42. The number of halogens is 2. The standard InChI is InChI=1S/C19H21Cl2N3O3S/c20-15-6-7-17(18(21)14-15)19(25)22-8-13-28(26,27)24-11-9-23(10-12-24)16-4-2-1-3-5-16/h1-7,14H,8-13H2,(H,22,25). The topological polar surface area (TPSA) is 69.7 Å². The van der Waals surface area contributed by atoms with Crippen molar-refractivity contribution in [3.05, 3.63) is 64.1 Å². The number of nitrogens with one attached hydrogen (secondary N) is 1. The Morgan fingerprint density at radius 3 is 2.32 bits per heavy atom. The summed E-state index contributed by atoms with van der Waals surface area (Å²) < 4.78 is 26.6. The minimum Gasteiger partial charge on any atom is -0.369 e. The van der Waals surface area contributed by atoms with Crippen molar-refractivity contribution in [3.63, 3.8) is 0 Å². The molecule has 2 aromatic carbocycles. The Balaban J connectivity index is 1.50. The normalized spacial score (nSPS) is 15.4. The van der Waals surface area contributed by atoms with Gasteiger partial charge in [-0.05, 0) is 30.3 Å². The van der Waals surface area contributed by atoms with E-state index in [2.05, 4.69) is 10.2 Å². The number of amides is 1. The minimum absolute atomic E-state index is 0.0129. The van der Waals surface area contributed by atoms with E-state index in [-0.39, 0.29) is 22.9 Å². The van der Waals surface area contributed by atoms with Crippen LogP contribution in [0.5, 0.6) is 0 Å². The number of nitrogens with zero attached hydrogens (tertiary/aromatic N) is 2. The van der Waals surface area contributed by atoms with E-state index in [1.807, 2.05) is 30.3 Å². The predicted octanol–water partition coefficient (Wildman–Crippen LogP) is 2.88. The second kappa shape index (κ2) is 9.13. The van der Waals surface area contributed by atoms with Crippen LogP contribution in [0.25, 0.3) is 0 Å². The van der Waals surface area contributed by atoms with Gasteiger partial charge in [0.2, 0.25) is 10.0 Å². The fourth-order valence-electron chi connectivity index (χ4n) is 3.05. The van der Waals surface area contributed by atoms with Crippen molar-refractivity contribution in [3.8, 4) is 0 Å². The molecule has 28 heavy (non-hydrogen) atoms. The molecule has 1 N–H and O–H groups in total. The summed E-state index contributed by atoms with van der Waals surface area (Å²) in [6, 6.07) is 14.5. The number of hydrogen-bond donors (Lipinski definition) is 1. The van der Waals surface area contributed by atoms with Gasteiger partial charge in [-0.2, -0.15) is 4.31 Å². The van der Waals surface area contributed by atoms with E-state index >= 15 is 0 Å². The molecule has 1 fully saturated rings. The molecule has 0 aromatic heterocycles. The number of benzene rings is 2. The van der Waals surface area contributed by atoms with Crippen molar-refractivity contribution in [2.75, 3.05) is 43.4 Å². The number of hydrogen-bond acceptors (Lipinski definition) is 4. The number of anilines is 1. The third kappa shape index (κ3) is 5.17. The average Bonchev–Trinajstić information content (AvgIpc) is 2.68. The van der Waals surface area contributed by atoms with Crippen molar-refractivity contribution in [2.45, 2.75) is 0 Å². The van der Waals surface area contributed by atoms with E-state index in [0.717, 1.165) is 5.69 Å². The molecule has 1 aliphatic rings. The van der Waals surface area contributed by atoms with Crippen LogP contribution < -0.4 is 10.2 Å². The summed E-state index contributed by atoms with van der Waals surface area (Å²) in [6.45, 7) is 2.13. The minimum atomic E-state index is -3.45. The van der Waals surface area contributed by atoms with E-state index in [0.29, 0.717) is 31.2 Å². The number of piperazine rings is 1. The smallest absolute Gasteiger partial charge is 0.252 e. The summed E-state index contributed by atoms with van der Waals surface area (Å²) in [5.74, 6) is -0.583. The molecular weight excluding hydrogens is 421 g/mol. The first-order chi connectivity index (χ1) is 13.4. The first-order valence-corrected chi connectivity index (χ1v) is 11.2. The Hall–Kier alpha value is -1.80. The van der Waals surface area contributed by atoms with Crippen molar-refractivity contribution >= 4 is 44.8 Å². The quantitative estimate of drug-likeness (QED) is 0.747. The van der Waals surface area contributed by atoms with Gasteiger partial charge in [-0.3, -0.25) is 4.79 Å². The highest BCUT2D eigenvalue weighted by molar-refractivity contribution is 7.89. The number of sulfonamides is 1. The van der Waals surface area contributed by atoms with Gasteiger partial charge >= 0.3 is 0 Å².